The Morgan fingerprint density at radius 1 is 1.34 bits per heavy atom. The van der Waals surface area contributed by atoms with Gasteiger partial charge in [0.15, 0.2) is 0 Å². The number of fused-ring (bicyclic) bond motifs is 3. The summed E-state index contributed by atoms with van der Waals surface area (Å²) in [5, 5.41) is 13.4. The van der Waals surface area contributed by atoms with Gasteiger partial charge in [-0.25, -0.2) is 4.79 Å². The molecule has 0 saturated carbocycles. The van der Waals surface area contributed by atoms with E-state index in [1.54, 1.807) is 32.4 Å². The first-order chi connectivity index (χ1) is 16.7. The number of carbonyl (C=O) groups is 1. The summed E-state index contributed by atoms with van der Waals surface area (Å²) in [6, 6.07) is 5.33. The number of aliphatic hydroxyl groups is 1. The lowest BCUT2D eigenvalue weighted by Gasteiger charge is -2.33. The largest absolute Gasteiger partial charge is 0.496 e. The molecule has 35 heavy (non-hydrogen) atoms. The highest BCUT2D eigenvalue weighted by Gasteiger charge is 2.31. The van der Waals surface area contributed by atoms with Gasteiger partial charge in [0.1, 0.15) is 35.1 Å². The Balaban J connectivity index is 1.47. The van der Waals surface area contributed by atoms with Crippen molar-refractivity contribution in [3.8, 4) is 11.5 Å². The number of amides is 1. The summed E-state index contributed by atoms with van der Waals surface area (Å²) in [5.74, 6) is 1.39. The quantitative estimate of drug-likeness (QED) is 0.444. The summed E-state index contributed by atoms with van der Waals surface area (Å²) in [6.45, 7) is 6.04. The average molecular weight is 486 g/mol. The highest BCUT2D eigenvalue weighted by atomic mass is 16.5. The van der Waals surface area contributed by atoms with Crippen molar-refractivity contribution in [2.75, 3.05) is 20.3 Å². The summed E-state index contributed by atoms with van der Waals surface area (Å²) in [7, 11) is 1.54. The van der Waals surface area contributed by atoms with Crippen LogP contribution in [0.15, 0.2) is 38.1 Å². The number of ether oxygens (including phenoxy) is 3. The van der Waals surface area contributed by atoms with Gasteiger partial charge in [-0.05, 0) is 51.3 Å². The number of aryl methyl sites for hydroxylation is 2. The molecule has 9 nitrogen and oxygen atoms in total. The highest BCUT2D eigenvalue weighted by Crippen LogP contribution is 2.43. The molecular formula is C26H31NO8. The van der Waals surface area contributed by atoms with Crippen LogP contribution in [0.2, 0.25) is 0 Å². The molecular weight excluding hydrogens is 454 g/mol. The number of benzene rings is 1. The zero-order chi connectivity index (χ0) is 25.2. The normalized spacial score (nSPS) is 15.3. The molecule has 0 saturated heterocycles. The van der Waals surface area contributed by atoms with Gasteiger partial charge in [-0.3, -0.25) is 4.79 Å². The van der Waals surface area contributed by atoms with Gasteiger partial charge in [0.25, 0.3) is 0 Å². The standard InChI is InChI=1S/C26H31NO8/c1-15-19(10-22(29)27-12-16(28)13-32-14-17-6-5-9-33-17)25(30)34-24-18-7-8-26(2,3)35-20(18)11-21(31-4)23(15)24/h5-6,9,11,16,28H,7-8,10,12-14H2,1-4H3,(H,27,29)/t16-/m0/s1. The molecule has 1 aromatic carbocycles. The number of hydrogen-bond donors (Lipinski definition) is 2. The molecule has 0 radical (unpaired) electrons. The molecule has 0 spiro atoms. The van der Waals surface area contributed by atoms with Crippen molar-refractivity contribution in [2.24, 2.45) is 0 Å². The van der Waals surface area contributed by atoms with Crippen molar-refractivity contribution in [3.63, 3.8) is 0 Å². The van der Waals surface area contributed by atoms with E-state index < -0.39 is 17.6 Å². The lowest BCUT2D eigenvalue weighted by molar-refractivity contribution is -0.121. The second-order valence-electron chi connectivity index (χ2n) is 9.34. The predicted octanol–water partition coefficient (Wildman–Crippen LogP) is 3.04. The molecule has 2 aromatic heterocycles. The lowest BCUT2D eigenvalue weighted by Crippen LogP contribution is -2.36. The van der Waals surface area contributed by atoms with E-state index in [-0.39, 0.29) is 37.3 Å². The molecule has 188 valence electrons. The minimum atomic E-state index is -0.904. The van der Waals surface area contributed by atoms with Crippen LogP contribution in [0.5, 0.6) is 11.5 Å². The van der Waals surface area contributed by atoms with Gasteiger partial charge in [0, 0.05) is 18.2 Å². The van der Waals surface area contributed by atoms with Crippen LogP contribution in [0, 0.1) is 6.92 Å². The SMILES string of the molecule is COc1cc2c(c3oc(=O)c(CC(=O)NC[C@H](O)COCc4ccco4)c(C)c13)CCC(C)(C)O2. The molecule has 0 aliphatic carbocycles. The molecule has 3 heterocycles. The number of methoxy groups -OCH3 is 1. The van der Waals surface area contributed by atoms with E-state index in [4.69, 9.17) is 23.0 Å². The maximum Gasteiger partial charge on any atom is 0.340 e. The zero-order valence-electron chi connectivity index (χ0n) is 20.4. The monoisotopic (exact) mass is 485 g/mol. The maximum atomic E-state index is 12.9. The predicted molar refractivity (Wildman–Crippen MR) is 128 cm³/mol. The van der Waals surface area contributed by atoms with E-state index in [2.05, 4.69) is 5.32 Å². The molecule has 2 N–H and O–H groups in total. The fraction of sp³-hybridized carbons (Fsp3) is 0.462. The number of aliphatic hydroxyl groups excluding tert-OH is 1. The molecule has 1 atom stereocenters. The third-order valence-electron chi connectivity index (χ3n) is 6.17. The van der Waals surface area contributed by atoms with Crippen molar-refractivity contribution in [2.45, 2.75) is 58.3 Å². The first-order valence-electron chi connectivity index (χ1n) is 11.6. The van der Waals surface area contributed by atoms with Crippen molar-refractivity contribution in [3.05, 3.63) is 57.3 Å². The summed E-state index contributed by atoms with van der Waals surface area (Å²) in [4.78, 5) is 25.5. The van der Waals surface area contributed by atoms with Gasteiger partial charge in [0.2, 0.25) is 5.91 Å². The van der Waals surface area contributed by atoms with Crippen LogP contribution < -0.4 is 20.4 Å². The summed E-state index contributed by atoms with van der Waals surface area (Å²) in [6.07, 6.45) is 1.93. The maximum absolute atomic E-state index is 12.9. The first-order valence-corrected chi connectivity index (χ1v) is 11.6. The van der Waals surface area contributed by atoms with Gasteiger partial charge >= 0.3 is 5.63 Å². The number of carbonyl (C=O) groups excluding carboxylic acids is 1. The van der Waals surface area contributed by atoms with Gasteiger partial charge in [0.05, 0.1) is 43.5 Å². The second-order valence-corrected chi connectivity index (χ2v) is 9.34. The summed E-state index contributed by atoms with van der Waals surface area (Å²) in [5.41, 5.74) is 1.23. The molecule has 3 aromatic rings. The average Bonchev–Trinajstić information content (AvgIpc) is 3.32. The summed E-state index contributed by atoms with van der Waals surface area (Å²) < 4.78 is 28.0. The van der Waals surface area contributed by atoms with E-state index >= 15 is 0 Å². The van der Waals surface area contributed by atoms with Gasteiger partial charge in [-0.2, -0.15) is 0 Å². The Hall–Kier alpha value is -3.30. The van der Waals surface area contributed by atoms with Crippen molar-refractivity contribution in [1.82, 2.24) is 5.32 Å². The van der Waals surface area contributed by atoms with Gasteiger partial charge in [-0.1, -0.05) is 0 Å². The Morgan fingerprint density at radius 3 is 2.86 bits per heavy atom. The minimum Gasteiger partial charge on any atom is -0.496 e. The molecule has 0 unspecified atom stereocenters. The molecule has 1 aliphatic heterocycles. The fourth-order valence-corrected chi connectivity index (χ4v) is 4.25. The summed E-state index contributed by atoms with van der Waals surface area (Å²) >= 11 is 0. The molecule has 1 amide bonds. The minimum absolute atomic E-state index is 0.0150. The molecule has 4 rings (SSSR count). The second kappa shape index (κ2) is 10.1. The van der Waals surface area contributed by atoms with Crippen LogP contribution in [-0.2, 0) is 29.0 Å². The van der Waals surface area contributed by atoms with Crippen molar-refractivity contribution >= 4 is 16.9 Å². The number of nitrogens with one attached hydrogen (secondary N) is 1. The lowest BCUT2D eigenvalue weighted by atomic mass is 9.91. The Morgan fingerprint density at radius 2 is 2.14 bits per heavy atom. The Labute approximate surface area is 203 Å². The molecule has 1 aliphatic rings. The third kappa shape index (κ3) is 5.52. The van der Waals surface area contributed by atoms with Crippen LogP contribution in [-0.4, -0.2) is 43.0 Å². The van der Waals surface area contributed by atoms with Crippen LogP contribution in [0.3, 0.4) is 0 Å². The van der Waals surface area contributed by atoms with E-state index in [1.165, 1.54) is 0 Å². The van der Waals surface area contributed by atoms with Crippen LogP contribution >= 0.6 is 0 Å². The number of rotatable bonds is 9. The zero-order valence-corrected chi connectivity index (χ0v) is 20.4. The molecule has 0 bridgehead atoms. The van der Waals surface area contributed by atoms with Crippen molar-refractivity contribution < 1.29 is 32.9 Å². The molecule has 9 heteroatoms. The van der Waals surface area contributed by atoms with Gasteiger partial charge < -0.3 is 33.5 Å². The Bertz CT molecular complexity index is 1260. The van der Waals surface area contributed by atoms with Crippen LogP contribution in [0.1, 0.15) is 42.7 Å². The highest BCUT2D eigenvalue weighted by molar-refractivity contribution is 5.93. The van der Waals surface area contributed by atoms with Gasteiger partial charge in [-0.15, -0.1) is 0 Å². The first kappa shape index (κ1) is 24.8. The van der Waals surface area contributed by atoms with E-state index in [9.17, 15) is 14.7 Å². The molecule has 0 fully saturated rings. The number of furan rings is 1. The van der Waals surface area contributed by atoms with E-state index in [1.807, 2.05) is 19.9 Å². The van der Waals surface area contributed by atoms with Crippen molar-refractivity contribution in [1.29, 1.82) is 0 Å². The topological polar surface area (TPSA) is 120 Å². The third-order valence-corrected chi connectivity index (χ3v) is 6.17. The van der Waals surface area contributed by atoms with Crippen LogP contribution in [0.25, 0.3) is 11.0 Å². The number of hydrogen-bond acceptors (Lipinski definition) is 8. The van der Waals surface area contributed by atoms with E-state index in [0.29, 0.717) is 40.2 Å². The van der Waals surface area contributed by atoms with Crippen LogP contribution in [0.4, 0.5) is 0 Å². The van der Waals surface area contributed by atoms with E-state index in [0.717, 1.165) is 12.0 Å². The fourth-order valence-electron chi connectivity index (χ4n) is 4.25. The Kier molecular flexibility index (Phi) is 7.18. The smallest absolute Gasteiger partial charge is 0.340 e.